The number of carboxylic acid groups (broad SMARTS) is 1. The van der Waals surface area contributed by atoms with Crippen molar-refractivity contribution in [2.24, 2.45) is 11.8 Å². The number of aromatic nitrogens is 2. The Bertz CT molecular complexity index is 471. The van der Waals surface area contributed by atoms with E-state index >= 15 is 0 Å². The number of carbonyl (C=O) groups excluding carboxylic acids is 1. The van der Waals surface area contributed by atoms with Crippen LogP contribution in [0.15, 0.2) is 4.52 Å². The van der Waals surface area contributed by atoms with E-state index in [0.29, 0.717) is 18.9 Å². The Morgan fingerprint density at radius 3 is 2.79 bits per heavy atom. The lowest BCUT2D eigenvalue weighted by molar-refractivity contribution is -0.144. The van der Waals surface area contributed by atoms with Gasteiger partial charge in [-0.2, -0.15) is 4.98 Å². The summed E-state index contributed by atoms with van der Waals surface area (Å²) in [5.41, 5.74) is 0. The molecule has 2 N–H and O–H groups in total. The lowest BCUT2D eigenvalue weighted by atomic mass is 9.79. The van der Waals surface area contributed by atoms with Gasteiger partial charge in [-0.25, -0.2) is 0 Å². The highest BCUT2D eigenvalue weighted by atomic mass is 16.5. The molecule has 7 nitrogen and oxygen atoms in total. The molecule has 0 saturated heterocycles. The van der Waals surface area contributed by atoms with Crippen LogP contribution in [0, 0.1) is 18.8 Å². The SMILES string of the molecule is Cc1nc(C(=O)NCC2CCCCC2C(=O)O)no1. The van der Waals surface area contributed by atoms with E-state index in [0.717, 1.165) is 19.3 Å². The molecule has 0 spiro atoms. The van der Waals surface area contributed by atoms with Crippen LogP contribution in [0.4, 0.5) is 0 Å². The third-order valence-electron chi connectivity index (χ3n) is 3.48. The first-order valence-electron chi connectivity index (χ1n) is 6.39. The Balaban J connectivity index is 1.90. The van der Waals surface area contributed by atoms with Gasteiger partial charge in [0.25, 0.3) is 11.7 Å². The summed E-state index contributed by atoms with van der Waals surface area (Å²) in [5.74, 6) is -1.29. The van der Waals surface area contributed by atoms with Gasteiger partial charge in [0.15, 0.2) is 0 Å². The van der Waals surface area contributed by atoms with Gasteiger partial charge in [0.1, 0.15) is 0 Å². The molecule has 1 heterocycles. The Morgan fingerprint density at radius 2 is 2.16 bits per heavy atom. The van der Waals surface area contributed by atoms with Crippen LogP contribution in [0.3, 0.4) is 0 Å². The van der Waals surface area contributed by atoms with Gasteiger partial charge < -0.3 is 14.9 Å². The van der Waals surface area contributed by atoms with Gasteiger partial charge in [-0.1, -0.05) is 18.0 Å². The van der Waals surface area contributed by atoms with Gasteiger partial charge in [0, 0.05) is 13.5 Å². The van der Waals surface area contributed by atoms with Crippen molar-refractivity contribution in [3.05, 3.63) is 11.7 Å². The topological polar surface area (TPSA) is 105 Å². The maximum atomic E-state index is 11.7. The highest BCUT2D eigenvalue weighted by Gasteiger charge is 2.31. The summed E-state index contributed by atoms with van der Waals surface area (Å²) in [6, 6.07) is 0. The number of nitrogens with one attached hydrogen (secondary N) is 1. The first kappa shape index (κ1) is 13.5. The normalized spacial score (nSPS) is 23.0. The van der Waals surface area contributed by atoms with Crippen molar-refractivity contribution < 1.29 is 19.2 Å². The minimum Gasteiger partial charge on any atom is -0.481 e. The van der Waals surface area contributed by atoms with Crippen molar-refractivity contribution in [1.29, 1.82) is 0 Å². The molecule has 0 radical (unpaired) electrons. The largest absolute Gasteiger partial charge is 0.481 e. The Hall–Kier alpha value is -1.92. The van der Waals surface area contributed by atoms with Crippen molar-refractivity contribution >= 4 is 11.9 Å². The van der Waals surface area contributed by atoms with Gasteiger partial charge in [-0.15, -0.1) is 0 Å². The summed E-state index contributed by atoms with van der Waals surface area (Å²) in [4.78, 5) is 26.7. The predicted molar refractivity (Wildman–Crippen MR) is 64.5 cm³/mol. The zero-order valence-corrected chi connectivity index (χ0v) is 10.8. The molecule has 1 aromatic rings. The fourth-order valence-corrected chi connectivity index (χ4v) is 2.47. The average Bonchev–Trinajstić information content (AvgIpc) is 2.83. The number of hydrogen-bond donors (Lipinski definition) is 2. The molecular weight excluding hydrogens is 250 g/mol. The molecule has 2 unspecified atom stereocenters. The van der Waals surface area contributed by atoms with Crippen LogP contribution in [-0.2, 0) is 4.79 Å². The van der Waals surface area contributed by atoms with E-state index in [1.54, 1.807) is 6.92 Å². The van der Waals surface area contributed by atoms with Crippen LogP contribution in [0.25, 0.3) is 0 Å². The number of nitrogens with zero attached hydrogens (tertiary/aromatic N) is 2. The lowest BCUT2D eigenvalue weighted by Gasteiger charge is -2.28. The summed E-state index contributed by atoms with van der Waals surface area (Å²) in [6.45, 7) is 1.94. The van der Waals surface area contributed by atoms with Crippen molar-refractivity contribution in [1.82, 2.24) is 15.5 Å². The average molecular weight is 267 g/mol. The summed E-state index contributed by atoms with van der Waals surface area (Å²) in [7, 11) is 0. The maximum absolute atomic E-state index is 11.7. The molecule has 0 bridgehead atoms. The quantitative estimate of drug-likeness (QED) is 0.843. The predicted octanol–water partition coefficient (Wildman–Crippen LogP) is 0.999. The molecule has 0 aromatic carbocycles. The van der Waals surface area contributed by atoms with E-state index in [1.807, 2.05) is 0 Å². The number of carboxylic acids is 1. The van der Waals surface area contributed by atoms with Gasteiger partial charge in [0.2, 0.25) is 5.89 Å². The molecule has 104 valence electrons. The van der Waals surface area contributed by atoms with Gasteiger partial charge in [-0.05, 0) is 18.8 Å². The summed E-state index contributed by atoms with van der Waals surface area (Å²) in [5, 5.41) is 15.3. The standard InChI is InChI=1S/C12H17N3O4/c1-7-14-10(15-19-7)11(16)13-6-8-4-2-3-5-9(8)12(17)18/h8-9H,2-6H2,1H3,(H,13,16)(H,17,18). The summed E-state index contributed by atoms with van der Waals surface area (Å²) < 4.78 is 4.72. The molecule has 1 aromatic heterocycles. The molecule has 1 saturated carbocycles. The van der Waals surface area contributed by atoms with Crippen molar-refractivity contribution in [3.63, 3.8) is 0 Å². The summed E-state index contributed by atoms with van der Waals surface area (Å²) in [6.07, 6.45) is 3.44. The molecule has 2 atom stereocenters. The highest BCUT2D eigenvalue weighted by Crippen LogP contribution is 2.29. The molecular formula is C12H17N3O4. The Labute approximate surface area is 110 Å². The minimum absolute atomic E-state index is 0.0137. The van der Waals surface area contributed by atoms with Crippen LogP contribution >= 0.6 is 0 Å². The summed E-state index contributed by atoms with van der Waals surface area (Å²) >= 11 is 0. The number of hydrogen-bond acceptors (Lipinski definition) is 5. The molecule has 1 fully saturated rings. The second-order valence-corrected chi connectivity index (χ2v) is 4.84. The number of aliphatic carboxylic acids is 1. The monoisotopic (exact) mass is 267 g/mol. The maximum Gasteiger partial charge on any atom is 0.306 e. The smallest absolute Gasteiger partial charge is 0.306 e. The van der Waals surface area contributed by atoms with E-state index < -0.39 is 11.9 Å². The van der Waals surface area contributed by atoms with Crippen LogP contribution in [0.5, 0.6) is 0 Å². The van der Waals surface area contributed by atoms with E-state index in [1.165, 1.54) is 0 Å². The second kappa shape index (κ2) is 5.81. The molecule has 2 rings (SSSR count). The Morgan fingerprint density at radius 1 is 1.42 bits per heavy atom. The third-order valence-corrected chi connectivity index (χ3v) is 3.48. The molecule has 1 aliphatic rings. The van der Waals surface area contributed by atoms with E-state index in [9.17, 15) is 9.59 Å². The van der Waals surface area contributed by atoms with E-state index in [-0.39, 0.29) is 17.7 Å². The number of rotatable bonds is 4. The van der Waals surface area contributed by atoms with E-state index in [4.69, 9.17) is 9.63 Å². The molecule has 7 heteroatoms. The van der Waals surface area contributed by atoms with Crippen molar-refractivity contribution in [3.8, 4) is 0 Å². The van der Waals surface area contributed by atoms with Crippen LogP contribution in [0.2, 0.25) is 0 Å². The first-order chi connectivity index (χ1) is 9.08. The van der Waals surface area contributed by atoms with Gasteiger partial charge in [-0.3, -0.25) is 9.59 Å². The van der Waals surface area contributed by atoms with Crippen molar-refractivity contribution in [2.45, 2.75) is 32.6 Å². The third kappa shape index (κ3) is 3.30. The Kier molecular flexibility index (Phi) is 4.13. The van der Waals surface area contributed by atoms with Crippen molar-refractivity contribution in [2.75, 3.05) is 6.54 Å². The highest BCUT2D eigenvalue weighted by molar-refractivity contribution is 5.90. The first-order valence-corrected chi connectivity index (χ1v) is 6.39. The molecule has 0 aliphatic heterocycles. The van der Waals surface area contributed by atoms with Crippen LogP contribution in [0.1, 0.15) is 42.2 Å². The zero-order chi connectivity index (χ0) is 13.8. The number of amides is 1. The minimum atomic E-state index is -0.783. The van der Waals surface area contributed by atoms with Gasteiger partial charge >= 0.3 is 5.97 Å². The second-order valence-electron chi connectivity index (χ2n) is 4.84. The number of aryl methyl sites for hydroxylation is 1. The van der Waals surface area contributed by atoms with Gasteiger partial charge in [0.05, 0.1) is 5.92 Å². The fourth-order valence-electron chi connectivity index (χ4n) is 2.47. The lowest BCUT2D eigenvalue weighted by Crippen LogP contribution is -2.37. The van der Waals surface area contributed by atoms with Crippen LogP contribution < -0.4 is 5.32 Å². The molecule has 1 aliphatic carbocycles. The molecule has 1 amide bonds. The number of carbonyl (C=O) groups is 2. The molecule has 19 heavy (non-hydrogen) atoms. The van der Waals surface area contributed by atoms with Crippen LogP contribution in [-0.4, -0.2) is 33.7 Å². The zero-order valence-electron chi connectivity index (χ0n) is 10.8. The van der Waals surface area contributed by atoms with E-state index in [2.05, 4.69) is 15.5 Å². The fraction of sp³-hybridized carbons (Fsp3) is 0.667.